The van der Waals surface area contributed by atoms with E-state index in [0.29, 0.717) is 5.92 Å². The van der Waals surface area contributed by atoms with Gasteiger partial charge in [-0.3, -0.25) is 0 Å². The van der Waals surface area contributed by atoms with Crippen LogP contribution < -0.4 is 16.4 Å². The Bertz CT molecular complexity index is 338. The summed E-state index contributed by atoms with van der Waals surface area (Å²) in [6.45, 7) is 4.40. The summed E-state index contributed by atoms with van der Waals surface area (Å²) in [7, 11) is 0. The molecule has 1 heterocycles. The van der Waals surface area contributed by atoms with E-state index in [1.165, 1.54) is 11.1 Å². The van der Waals surface area contributed by atoms with Gasteiger partial charge in [0.05, 0.1) is 5.70 Å². The highest BCUT2D eigenvalue weighted by molar-refractivity contribution is 5.64. The molecule has 74 valence electrons. The summed E-state index contributed by atoms with van der Waals surface area (Å²) in [6, 6.07) is 8.59. The molecule has 1 aromatic rings. The van der Waals surface area contributed by atoms with Crippen LogP contribution in [-0.4, -0.2) is 0 Å². The van der Waals surface area contributed by atoms with Crippen LogP contribution in [0.25, 0.3) is 5.70 Å². The minimum absolute atomic E-state index is 0.589. The Kier molecular flexibility index (Phi) is 2.41. The van der Waals surface area contributed by atoms with E-state index in [1.54, 1.807) is 0 Å². The van der Waals surface area contributed by atoms with Crippen molar-refractivity contribution in [2.45, 2.75) is 19.8 Å². The third-order valence-electron chi connectivity index (χ3n) is 2.37. The van der Waals surface area contributed by atoms with E-state index in [1.807, 2.05) is 6.20 Å². The molecule has 3 nitrogen and oxygen atoms in total. The van der Waals surface area contributed by atoms with Gasteiger partial charge in [0.2, 0.25) is 0 Å². The summed E-state index contributed by atoms with van der Waals surface area (Å²) in [4.78, 5) is 0. The molecule has 0 aliphatic carbocycles. The van der Waals surface area contributed by atoms with E-state index in [0.717, 1.165) is 5.70 Å². The summed E-state index contributed by atoms with van der Waals surface area (Å²) in [5, 5.41) is 0. The Morgan fingerprint density at radius 1 is 1.07 bits per heavy atom. The zero-order valence-corrected chi connectivity index (χ0v) is 8.46. The van der Waals surface area contributed by atoms with Crippen LogP contribution in [0.2, 0.25) is 0 Å². The lowest BCUT2D eigenvalue weighted by Gasteiger charge is -2.07. The van der Waals surface area contributed by atoms with Crippen LogP contribution in [-0.2, 0) is 0 Å². The summed E-state index contributed by atoms with van der Waals surface area (Å²) >= 11 is 0. The van der Waals surface area contributed by atoms with Gasteiger partial charge in [0, 0.05) is 11.8 Å². The second-order valence-electron chi connectivity index (χ2n) is 3.73. The maximum absolute atomic E-state index is 3.02. The Morgan fingerprint density at radius 2 is 1.79 bits per heavy atom. The van der Waals surface area contributed by atoms with E-state index in [4.69, 9.17) is 0 Å². The highest BCUT2D eigenvalue weighted by atomic mass is 15.6. The molecule has 0 atom stereocenters. The monoisotopic (exact) mass is 189 g/mol. The van der Waals surface area contributed by atoms with Gasteiger partial charge < -0.3 is 10.9 Å². The van der Waals surface area contributed by atoms with Gasteiger partial charge in [0.25, 0.3) is 0 Å². The van der Waals surface area contributed by atoms with Crippen molar-refractivity contribution in [2.75, 3.05) is 0 Å². The van der Waals surface area contributed by atoms with Gasteiger partial charge in [-0.2, -0.15) is 5.53 Å². The second-order valence-corrected chi connectivity index (χ2v) is 3.73. The molecule has 0 aromatic heterocycles. The van der Waals surface area contributed by atoms with E-state index in [2.05, 4.69) is 54.5 Å². The Hall–Kier alpha value is -1.48. The van der Waals surface area contributed by atoms with Crippen LogP contribution in [0.4, 0.5) is 0 Å². The first-order valence-corrected chi connectivity index (χ1v) is 4.84. The molecule has 0 bridgehead atoms. The predicted octanol–water partition coefficient (Wildman–Crippen LogP) is 1.72. The van der Waals surface area contributed by atoms with Gasteiger partial charge in [-0.05, 0) is 11.5 Å². The molecule has 0 unspecified atom stereocenters. The molecular weight excluding hydrogens is 174 g/mol. The van der Waals surface area contributed by atoms with Crippen molar-refractivity contribution in [1.29, 1.82) is 0 Å². The van der Waals surface area contributed by atoms with Gasteiger partial charge in [-0.1, -0.05) is 38.1 Å². The van der Waals surface area contributed by atoms with E-state index in [9.17, 15) is 0 Å². The average Bonchev–Trinajstić information content (AvgIpc) is 2.71. The molecule has 0 amide bonds. The molecule has 2 rings (SSSR count). The first-order chi connectivity index (χ1) is 6.77. The fraction of sp³-hybridized carbons (Fsp3) is 0.273. The lowest BCUT2D eigenvalue weighted by molar-refractivity contribution is 0.620. The largest absolute Gasteiger partial charge is 0.309 e. The van der Waals surface area contributed by atoms with Gasteiger partial charge >= 0.3 is 0 Å². The SMILES string of the molecule is CC(C)c1ccc(C2=CNNN2)cc1. The molecule has 0 saturated carbocycles. The molecule has 1 aliphatic heterocycles. The van der Waals surface area contributed by atoms with Crippen LogP contribution >= 0.6 is 0 Å². The molecular formula is C11H15N3. The van der Waals surface area contributed by atoms with Gasteiger partial charge in [0.15, 0.2) is 0 Å². The van der Waals surface area contributed by atoms with Crippen LogP contribution in [0.1, 0.15) is 30.9 Å². The number of hydrogen-bond donors (Lipinski definition) is 3. The summed E-state index contributed by atoms with van der Waals surface area (Å²) < 4.78 is 0. The van der Waals surface area contributed by atoms with Crippen LogP contribution in [0, 0.1) is 0 Å². The normalized spacial score (nSPS) is 14.9. The predicted molar refractivity (Wildman–Crippen MR) is 57.9 cm³/mol. The molecule has 0 fully saturated rings. The number of rotatable bonds is 2. The van der Waals surface area contributed by atoms with E-state index in [-0.39, 0.29) is 0 Å². The molecule has 0 spiro atoms. The third kappa shape index (κ3) is 1.72. The quantitative estimate of drug-likeness (QED) is 0.663. The maximum atomic E-state index is 3.02. The van der Waals surface area contributed by atoms with Crippen molar-refractivity contribution in [1.82, 2.24) is 16.4 Å². The number of benzene rings is 1. The molecule has 1 aliphatic rings. The van der Waals surface area contributed by atoms with Gasteiger partial charge in [-0.25, -0.2) is 0 Å². The standard InChI is InChI=1S/C11H15N3/c1-8(2)9-3-5-10(6-4-9)11-7-12-14-13-11/h3-8,12-14H,1-2H3. The lowest BCUT2D eigenvalue weighted by Crippen LogP contribution is -2.31. The maximum Gasteiger partial charge on any atom is 0.0749 e. The van der Waals surface area contributed by atoms with Crippen molar-refractivity contribution < 1.29 is 0 Å². The van der Waals surface area contributed by atoms with Crippen molar-refractivity contribution in [2.24, 2.45) is 0 Å². The zero-order valence-electron chi connectivity index (χ0n) is 8.46. The Morgan fingerprint density at radius 3 is 2.29 bits per heavy atom. The molecule has 3 N–H and O–H groups in total. The van der Waals surface area contributed by atoms with Gasteiger partial charge in [-0.15, -0.1) is 0 Å². The number of hydrogen-bond acceptors (Lipinski definition) is 3. The van der Waals surface area contributed by atoms with Crippen LogP contribution in [0.3, 0.4) is 0 Å². The average molecular weight is 189 g/mol. The zero-order chi connectivity index (χ0) is 9.97. The lowest BCUT2D eigenvalue weighted by atomic mass is 10.0. The fourth-order valence-electron chi connectivity index (χ4n) is 1.45. The second kappa shape index (κ2) is 3.72. The van der Waals surface area contributed by atoms with Crippen molar-refractivity contribution in [3.05, 3.63) is 41.6 Å². The Labute approximate surface area is 84.2 Å². The molecule has 3 heteroatoms. The first-order valence-electron chi connectivity index (χ1n) is 4.84. The number of nitrogens with one attached hydrogen (secondary N) is 3. The summed E-state index contributed by atoms with van der Waals surface area (Å²) in [5.41, 5.74) is 12.3. The summed E-state index contributed by atoms with van der Waals surface area (Å²) in [6.07, 6.45) is 1.91. The highest BCUT2D eigenvalue weighted by Gasteiger charge is 2.05. The molecule has 14 heavy (non-hydrogen) atoms. The van der Waals surface area contributed by atoms with Crippen molar-refractivity contribution >= 4 is 5.70 Å². The molecule has 1 aromatic carbocycles. The van der Waals surface area contributed by atoms with Crippen molar-refractivity contribution in [3.8, 4) is 0 Å². The number of hydrazine groups is 2. The highest BCUT2D eigenvalue weighted by Crippen LogP contribution is 2.18. The third-order valence-corrected chi connectivity index (χ3v) is 2.37. The molecule has 0 saturated heterocycles. The minimum Gasteiger partial charge on any atom is -0.309 e. The van der Waals surface area contributed by atoms with E-state index < -0.39 is 0 Å². The first kappa shape index (κ1) is 9.09. The minimum atomic E-state index is 0.589. The van der Waals surface area contributed by atoms with E-state index >= 15 is 0 Å². The Balaban J connectivity index is 2.21. The fourth-order valence-corrected chi connectivity index (χ4v) is 1.45. The van der Waals surface area contributed by atoms with Gasteiger partial charge in [0.1, 0.15) is 0 Å². The smallest absolute Gasteiger partial charge is 0.0749 e. The van der Waals surface area contributed by atoms with Crippen molar-refractivity contribution in [3.63, 3.8) is 0 Å². The van der Waals surface area contributed by atoms with Crippen LogP contribution in [0.15, 0.2) is 30.5 Å². The van der Waals surface area contributed by atoms with Crippen LogP contribution in [0.5, 0.6) is 0 Å². The molecule has 0 radical (unpaired) electrons. The summed E-state index contributed by atoms with van der Waals surface area (Å²) in [5.74, 6) is 0.589. The topological polar surface area (TPSA) is 36.1 Å².